The van der Waals surface area contributed by atoms with Gasteiger partial charge in [-0.15, -0.1) is 0 Å². The minimum atomic E-state index is -3.55. The number of nitrogens with one attached hydrogen (secondary N) is 2. The van der Waals surface area contributed by atoms with Gasteiger partial charge in [0.15, 0.2) is 0 Å². The summed E-state index contributed by atoms with van der Waals surface area (Å²) >= 11 is 0. The van der Waals surface area contributed by atoms with Crippen LogP contribution in [0.15, 0.2) is 59.5 Å². The Bertz CT molecular complexity index is 761. The molecule has 0 aromatic heterocycles. The van der Waals surface area contributed by atoms with E-state index in [0.717, 1.165) is 0 Å². The first kappa shape index (κ1) is 17.0. The number of sulfonamides is 1. The highest BCUT2D eigenvalue weighted by Gasteiger charge is 2.12. The Labute approximate surface area is 135 Å². The zero-order valence-electron chi connectivity index (χ0n) is 12.7. The molecule has 2 N–H and O–H groups in total. The van der Waals surface area contributed by atoms with E-state index in [1.807, 2.05) is 0 Å². The van der Waals surface area contributed by atoms with E-state index in [1.54, 1.807) is 42.5 Å². The topological polar surface area (TPSA) is 84.5 Å². The third-order valence-corrected chi connectivity index (χ3v) is 4.57. The van der Waals surface area contributed by atoms with Gasteiger partial charge in [0.25, 0.3) is 5.91 Å². The number of carbonyl (C=O) groups excluding carboxylic acids is 1. The van der Waals surface area contributed by atoms with Gasteiger partial charge in [0.2, 0.25) is 10.0 Å². The fourth-order valence-corrected chi connectivity index (χ4v) is 2.96. The SMILES string of the molecule is COc1cccc(C(=O)NCCNS(=O)(=O)c2ccccc2)c1. The summed E-state index contributed by atoms with van der Waals surface area (Å²) in [5.74, 6) is 0.297. The van der Waals surface area contributed by atoms with Gasteiger partial charge in [-0.25, -0.2) is 13.1 Å². The Morgan fingerprint density at radius 1 is 1.04 bits per heavy atom. The molecule has 0 bridgehead atoms. The first-order valence-corrected chi connectivity index (χ1v) is 8.48. The number of methoxy groups -OCH3 is 1. The van der Waals surface area contributed by atoms with Crippen molar-refractivity contribution in [3.05, 3.63) is 60.2 Å². The number of hydrogen-bond donors (Lipinski definition) is 2. The Morgan fingerprint density at radius 3 is 2.48 bits per heavy atom. The molecule has 0 saturated carbocycles. The Hall–Kier alpha value is -2.38. The zero-order chi connectivity index (χ0) is 16.7. The van der Waals surface area contributed by atoms with Crippen molar-refractivity contribution >= 4 is 15.9 Å². The molecule has 0 unspecified atom stereocenters. The van der Waals surface area contributed by atoms with Crippen LogP contribution in [0.4, 0.5) is 0 Å². The maximum Gasteiger partial charge on any atom is 0.251 e. The molecule has 2 rings (SSSR count). The van der Waals surface area contributed by atoms with Crippen LogP contribution in [0, 0.1) is 0 Å². The summed E-state index contributed by atoms with van der Waals surface area (Å²) in [6, 6.07) is 14.8. The predicted molar refractivity (Wildman–Crippen MR) is 87.0 cm³/mol. The molecule has 1 amide bonds. The molecule has 0 saturated heterocycles. The molecule has 0 aliphatic rings. The van der Waals surface area contributed by atoms with Gasteiger partial charge in [-0.2, -0.15) is 0 Å². The second-order valence-electron chi connectivity index (χ2n) is 4.70. The quantitative estimate of drug-likeness (QED) is 0.750. The van der Waals surface area contributed by atoms with Crippen LogP contribution in [0.5, 0.6) is 5.75 Å². The summed E-state index contributed by atoms with van der Waals surface area (Å²) in [6.45, 7) is 0.287. The van der Waals surface area contributed by atoms with Gasteiger partial charge >= 0.3 is 0 Å². The molecule has 2 aromatic rings. The van der Waals surface area contributed by atoms with Crippen molar-refractivity contribution < 1.29 is 17.9 Å². The molecule has 0 atom stereocenters. The number of ether oxygens (including phenoxy) is 1. The fraction of sp³-hybridized carbons (Fsp3) is 0.188. The number of amides is 1. The average molecular weight is 334 g/mol. The molecule has 0 fully saturated rings. The van der Waals surface area contributed by atoms with Crippen molar-refractivity contribution in [2.24, 2.45) is 0 Å². The molecule has 0 aliphatic carbocycles. The van der Waals surface area contributed by atoms with Gasteiger partial charge < -0.3 is 10.1 Å². The maximum absolute atomic E-state index is 12.0. The number of hydrogen-bond acceptors (Lipinski definition) is 4. The van der Waals surface area contributed by atoms with E-state index in [1.165, 1.54) is 19.2 Å². The standard InChI is InChI=1S/C16H18N2O4S/c1-22-14-7-5-6-13(12-14)16(19)17-10-11-18-23(20,21)15-8-3-2-4-9-15/h2-9,12,18H,10-11H2,1H3,(H,17,19). The van der Waals surface area contributed by atoms with E-state index < -0.39 is 10.0 Å². The van der Waals surface area contributed by atoms with Gasteiger partial charge in [0, 0.05) is 18.7 Å². The summed E-state index contributed by atoms with van der Waals surface area (Å²) in [4.78, 5) is 12.2. The van der Waals surface area contributed by atoms with Crippen molar-refractivity contribution in [3.63, 3.8) is 0 Å². The van der Waals surface area contributed by atoms with E-state index >= 15 is 0 Å². The van der Waals surface area contributed by atoms with Gasteiger partial charge in [0.05, 0.1) is 12.0 Å². The summed E-state index contributed by atoms with van der Waals surface area (Å²) in [6.07, 6.45) is 0. The molecule has 0 aliphatic heterocycles. The lowest BCUT2D eigenvalue weighted by Crippen LogP contribution is -2.34. The van der Waals surface area contributed by atoms with Crippen LogP contribution in [-0.2, 0) is 10.0 Å². The second-order valence-corrected chi connectivity index (χ2v) is 6.47. The van der Waals surface area contributed by atoms with Crippen LogP contribution in [0.25, 0.3) is 0 Å². The van der Waals surface area contributed by atoms with Crippen molar-refractivity contribution in [2.75, 3.05) is 20.2 Å². The van der Waals surface area contributed by atoms with E-state index in [4.69, 9.17) is 4.74 Å². The maximum atomic E-state index is 12.0. The van der Waals surface area contributed by atoms with Gasteiger partial charge in [-0.1, -0.05) is 24.3 Å². The second kappa shape index (κ2) is 7.75. The van der Waals surface area contributed by atoms with Crippen LogP contribution in [0.1, 0.15) is 10.4 Å². The highest BCUT2D eigenvalue weighted by molar-refractivity contribution is 7.89. The molecule has 23 heavy (non-hydrogen) atoms. The van der Waals surface area contributed by atoms with Gasteiger partial charge in [-0.3, -0.25) is 4.79 Å². The summed E-state index contributed by atoms with van der Waals surface area (Å²) in [5, 5.41) is 2.65. The minimum Gasteiger partial charge on any atom is -0.497 e. The summed E-state index contributed by atoms with van der Waals surface area (Å²) in [7, 11) is -2.03. The van der Waals surface area contributed by atoms with Crippen molar-refractivity contribution in [3.8, 4) is 5.75 Å². The molecule has 122 valence electrons. The van der Waals surface area contributed by atoms with Crippen LogP contribution < -0.4 is 14.8 Å². The lowest BCUT2D eigenvalue weighted by molar-refractivity contribution is 0.0954. The molecule has 2 aromatic carbocycles. The Balaban J connectivity index is 1.84. The molecular formula is C16H18N2O4S. The fourth-order valence-electron chi connectivity index (χ4n) is 1.91. The minimum absolute atomic E-state index is 0.104. The number of benzene rings is 2. The first-order chi connectivity index (χ1) is 11.0. The van der Waals surface area contributed by atoms with Crippen molar-refractivity contribution in [2.45, 2.75) is 4.90 Å². The highest BCUT2D eigenvalue weighted by Crippen LogP contribution is 2.12. The monoisotopic (exact) mass is 334 g/mol. The third-order valence-electron chi connectivity index (χ3n) is 3.09. The highest BCUT2D eigenvalue weighted by atomic mass is 32.2. The third kappa shape index (κ3) is 4.80. The van der Waals surface area contributed by atoms with Crippen LogP contribution in [-0.4, -0.2) is 34.5 Å². The molecule has 6 nitrogen and oxygen atoms in total. The van der Waals surface area contributed by atoms with Crippen LogP contribution in [0.3, 0.4) is 0 Å². The van der Waals surface area contributed by atoms with E-state index in [9.17, 15) is 13.2 Å². The number of carbonyl (C=O) groups is 1. The average Bonchev–Trinajstić information content (AvgIpc) is 2.59. The molecule has 0 heterocycles. The Morgan fingerprint density at radius 2 is 1.78 bits per heavy atom. The lowest BCUT2D eigenvalue weighted by Gasteiger charge is -2.08. The first-order valence-electron chi connectivity index (χ1n) is 7.00. The van der Waals surface area contributed by atoms with Gasteiger partial charge in [-0.05, 0) is 30.3 Å². The van der Waals surface area contributed by atoms with E-state index in [-0.39, 0.29) is 23.9 Å². The predicted octanol–water partition coefficient (Wildman–Crippen LogP) is 1.40. The summed E-state index contributed by atoms with van der Waals surface area (Å²) < 4.78 is 31.5. The van der Waals surface area contributed by atoms with Crippen LogP contribution in [0.2, 0.25) is 0 Å². The van der Waals surface area contributed by atoms with Crippen molar-refractivity contribution in [1.29, 1.82) is 0 Å². The molecular weight excluding hydrogens is 316 g/mol. The normalized spacial score (nSPS) is 11.0. The Kier molecular flexibility index (Phi) is 5.72. The van der Waals surface area contributed by atoms with E-state index in [2.05, 4.69) is 10.0 Å². The zero-order valence-corrected chi connectivity index (χ0v) is 13.5. The van der Waals surface area contributed by atoms with Gasteiger partial charge in [0.1, 0.15) is 5.75 Å². The van der Waals surface area contributed by atoms with Crippen LogP contribution >= 0.6 is 0 Å². The summed E-state index contributed by atoms with van der Waals surface area (Å²) in [5.41, 5.74) is 0.454. The lowest BCUT2D eigenvalue weighted by atomic mass is 10.2. The molecule has 7 heteroatoms. The van der Waals surface area contributed by atoms with Crippen molar-refractivity contribution in [1.82, 2.24) is 10.0 Å². The number of rotatable bonds is 7. The molecule has 0 radical (unpaired) electrons. The smallest absolute Gasteiger partial charge is 0.251 e. The largest absolute Gasteiger partial charge is 0.497 e. The molecule has 0 spiro atoms. The van der Waals surface area contributed by atoms with E-state index in [0.29, 0.717) is 11.3 Å².